The highest BCUT2D eigenvalue weighted by Gasteiger charge is 2.10. The quantitative estimate of drug-likeness (QED) is 0.676. The number of esters is 1. The molecule has 0 saturated heterocycles. The summed E-state index contributed by atoms with van der Waals surface area (Å²) in [5.41, 5.74) is 9.83. The van der Waals surface area contributed by atoms with E-state index in [1.165, 1.54) is 0 Å². The fraction of sp³-hybridized carbons (Fsp3) is 0.188. The minimum atomic E-state index is -0.320. The molecule has 0 aliphatic carbocycles. The highest BCUT2D eigenvalue weighted by atomic mass is 16.5. The van der Waals surface area contributed by atoms with Crippen LogP contribution in [0, 0.1) is 13.8 Å². The zero-order valence-corrected chi connectivity index (χ0v) is 11.1. The van der Waals surface area contributed by atoms with Crippen LogP contribution in [0.25, 0.3) is 0 Å². The molecule has 0 unspecified atom stereocenters. The normalized spacial score (nSPS) is 10.2. The lowest BCUT2D eigenvalue weighted by molar-refractivity contribution is 0.0472. The van der Waals surface area contributed by atoms with E-state index in [2.05, 4.69) is 0 Å². The van der Waals surface area contributed by atoms with Gasteiger partial charge in [-0.1, -0.05) is 29.8 Å². The van der Waals surface area contributed by atoms with Gasteiger partial charge in [0.25, 0.3) is 0 Å². The summed E-state index contributed by atoms with van der Waals surface area (Å²) in [6, 6.07) is 13.1. The third-order valence-electron chi connectivity index (χ3n) is 2.92. The average molecular weight is 255 g/mol. The van der Waals surface area contributed by atoms with Crippen molar-refractivity contribution in [2.45, 2.75) is 20.5 Å². The SMILES string of the molecule is Cc1cccc(COC(=O)c2ccc(N)cc2C)c1. The number of carbonyl (C=O) groups excluding carboxylic acids is 1. The Hall–Kier alpha value is -2.29. The van der Waals surface area contributed by atoms with Crippen LogP contribution in [0.4, 0.5) is 5.69 Å². The molecule has 0 fully saturated rings. The average Bonchev–Trinajstić information content (AvgIpc) is 2.36. The second kappa shape index (κ2) is 5.57. The van der Waals surface area contributed by atoms with Gasteiger partial charge in [0.1, 0.15) is 6.61 Å². The van der Waals surface area contributed by atoms with E-state index in [1.807, 2.05) is 38.1 Å². The maximum absolute atomic E-state index is 12.0. The molecule has 0 aromatic heterocycles. The summed E-state index contributed by atoms with van der Waals surface area (Å²) < 4.78 is 5.31. The molecule has 0 aliphatic rings. The largest absolute Gasteiger partial charge is 0.457 e. The lowest BCUT2D eigenvalue weighted by Gasteiger charge is -2.08. The van der Waals surface area contributed by atoms with Crippen LogP contribution >= 0.6 is 0 Å². The maximum atomic E-state index is 12.0. The fourth-order valence-electron chi connectivity index (χ4n) is 1.94. The third kappa shape index (κ3) is 3.35. The molecule has 2 aromatic carbocycles. The smallest absolute Gasteiger partial charge is 0.338 e. The summed E-state index contributed by atoms with van der Waals surface area (Å²) in [6.07, 6.45) is 0. The number of nitrogens with two attached hydrogens (primary N) is 1. The van der Waals surface area contributed by atoms with Gasteiger partial charge in [0, 0.05) is 5.69 Å². The number of aryl methyl sites for hydroxylation is 2. The first kappa shape index (κ1) is 13.1. The highest BCUT2D eigenvalue weighted by Crippen LogP contribution is 2.14. The Morgan fingerprint density at radius 3 is 2.63 bits per heavy atom. The van der Waals surface area contributed by atoms with E-state index in [-0.39, 0.29) is 12.6 Å². The van der Waals surface area contributed by atoms with Gasteiger partial charge in [-0.25, -0.2) is 4.79 Å². The fourth-order valence-corrected chi connectivity index (χ4v) is 1.94. The van der Waals surface area contributed by atoms with Gasteiger partial charge in [-0.2, -0.15) is 0 Å². The number of rotatable bonds is 3. The number of ether oxygens (including phenoxy) is 1. The molecule has 3 nitrogen and oxygen atoms in total. The van der Waals surface area contributed by atoms with E-state index in [1.54, 1.807) is 18.2 Å². The molecule has 98 valence electrons. The minimum Gasteiger partial charge on any atom is -0.457 e. The van der Waals surface area contributed by atoms with Crippen molar-refractivity contribution in [3.05, 3.63) is 64.7 Å². The van der Waals surface area contributed by atoms with Gasteiger partial charge in [-0.3, -0.25) is 0 Å². The maximum Gasteiger partial charge on any atom is 0.338 e. The molecule has 0 atom stereocenters. The Bertz CT molecular complexity index is 605. The van der Waals surface area contributed by atoms with Crippen LogP contribution in [0.2, 0.25) is 0 Å². The Morgan fingerprint density at radius 1 is 1.16 bits per heavy atom. The Kier molecular flexibility index (Phi) is 3.85. The van der Waals surface area contributed by atoms with Crippen molar-refractivity contribution < 1.29 is 9.53 Å². The molecule has 19 heavy (non-hydrogen) atoms. The molecule has 0 heterocycles. The Balaban J connectivity index is 2.05. The summed E-state index contributed by atoms with van der Waals surface area (Å²) in [7, 11) is 0. The number of carbonyl (C=O) groups is 1. The van der Waals surface area contributed by atoms with Crippen LogP contribution in [0.1, 0.15) is 27.0 Å². The van der Waals surface area contributed by atoms with Crippen molar-refractivity contribution in [3.8, 4) is 0 Å². The van der Waals surface area contributed by atoms with Crippen molar-refractivity contribution in [2.24, 2.45) is 0 Å². The van der Waals surface area contributed by atoms with Crippen LogP contribution in [0.5, 0.6) is 0 Å². The van der Waals surface area contributed by atoms with E-state index >= 15 is 0 Å². The zero-order chi connectivity index (χ0) is 13.8. The predicted molar refractivity (Wildman–Crippen MR) is 75.9 cm³/mol. The molecule has 0 radical (unpaired) electrons. The molecule has 3 heteroatoms. The van der Waals surface area contributed by atoms with Gasteiger partial charge in [0.15, 0.2) is 0 Å². The summed E-state index contributed by atoms with van der Waals surface area (Å²) in [6.45, 7) is 4.14. The van der Waals surface area contributed by atoms with Crippen molar-refractivity contribution in [1.82, 2.24) is 0 Å². The van der Waals surface area contributed by atoms with Gasteiger partial charge in [0.2, 0.25) is 0 Å². The Morgan fingerprint density at radius 2 is 1.95 bits per heavy atom. The monoisotopic (exact) mass is 255 g/mol. The molecule has 0 spiro atoms. The van der Waals surface area contributed by atoms with Crippen LogP contribution in [0.15, 0.2) is 42.5 Å². The molecular formula is C16H17NO2. The molecule has 2 rings (SSSR count). The molecule has 0 amide bonds. The van der Waals surface area contributed by atoms with Gasteiger partial charge >= 0.3 is 5.97 Å². The lowest BCUT2D eigenvalue weighted by atomic mass is 10.1. The van der Waals surface area contributed by atoms with Crippen molar-refractivity contribution in [2.75, 3.05) is 5.73 Å². The van der Waals surface area contributed by atoms with E-state index < -0.39 is 0 Å². The number of hydrogen-bond donors (Lipinski definition) is 1. The van der Waals surface area contributed by atoms with Gasteiger partial charge < -0.3 is 10.5 Å². The van der Waals surface area contributed by atoms with Crippen molar-refractivity contribution in [1.29, 1.82) is 0 Å². The molecule has 0 bridgehead atoms. The van der Waals surface area contributed by atoms with E-state index in [0.717, 1.165) is 16.7 Å². The first-order valence-corrected chi connectivity index (χ1v) is 6.15. The standard InChI is InChI=1S/C16H17NO2/c1-11-4-3-5-13(8-11)10-19-16(18)15-7-6-14(17)9-12(15)2/h3-9H,10,17H2,1-2H3. The minimum absolute atomic E-state index is 0.282. The third-order valence-corrected chi connectivity index (χ3v) is 2.92. The van der Waals surface area contributed by atoms with Gasteiger partial charge in [0.05, 0.1) is 5.56 Å². The second-order valence-electron chi connectivity index (χ2n) is 4.64. The molecule has 2 aromatic rings. The molecule has 2 N–H and O–H groups in total. The van der Waals surface area contributed by atoms with Crippen LogP contribution < -0.4 is 5.73 Å². The molecule has 0 aliphatic heterocycles. The first-order chi connectivity index (χ1) is 9.06. The second-order valence-corrected chi connectivity index (χ2v) is 4.64. The van der Waals surface area contributed by atoms with Crippen molar-refractivity contribution in [3.63, 3.8) is 0 Å². The molecular weight excluding hydrogens is 238 g/mol. The van der Waals surface area contributed by atoms with E-state index in [9.17, 15) is 4.79 Å². The number of anilines is 1. The summed E-state index contributed by atoms with van der Waals surface area (Å²) in [5, 5.41) is 0. The highest BCUT2D eigenvalue weighted by molar-refractivity contribution is 5.91. The van der Waals surface area contributed by atoms with Crippen LogP contribution in [-0.2, 0) is 11.3 Å². The van der Waals surface area contributed by atoms with Crippen LogP contribution in [0.3, 0.4) is 0 Å². The summed E-state index contributed by atoms with van der Waals surface area (Å²) >= 11 is 0. The number of hydrogen-bond acceptors (Lipinski definition) is 3. The van der Waals surface area contributed by atoms with E-state index in [0.29, 0.717) is 11.3 Å². The zero-order valence-electron chi connectivity index (χ0n) is 11.1. The van der Waals surface area contributed by atoms with Crippen LogP contribution in [-0.4, -0.2) is 5.97 Å². The number of benzene rings is 2. The summed E-state index contributed by atoms with van der Waals surface area (Å²) in [4.78, 5) is 12.0. The van der Waals surface area contributed by atoms with Crippen molar-refractivity contribution >= 4 is 11.7 Å². The number of nitrogen functional groups attached to an aromatic ring is 1. The van der Waals surface area contributed by atoms with Gasteiger partial charge in [-0.15, -0.1) is 0 Å². The molecule has 0 saturated carbocycles. The lowest BCUT2D eigenvalue weighted by Crippen LogP contribution is -2.07. The predicted octanol–water partition coefficient (Wildman–Crippen LogP) is 3.24. The Labute approximate surface area is 113 Å². The summed E-state index contributed by atoms with van der Waals surface area (Å²) in [5.74, 6) is -0.320. The first-order valence-electron chi connectivity index (χ1n) is 6.15. The van der Waals surface area contributed by atoms with E-state index in [4.69, 9.17) is 10.5 Å². The topological polar surface area (TPSA) is 52.3 Å². The van der Waals surface area contributed by atoms with Gasteiger partial charge in [-0.05, 0) is 43.2 Å².